The molecular weight excluding hydrogens is 276 g/mol. The van der Waals surface area contributed by atoms with Gasteiger partial charge in [-0.3, -0.25) is 0 Å². The fraction of sp³-hybridized carbons (Fsp3) is 0.556. The standard InChI is InChI=1S/C18H26N2S/c1-20(2)18(11-5-3-4-6-12-18)17(19)15-9-7-8-14-10-13-21-16(14)15/h7-10,13,17H,3-6,11-12,19H2,1-2H3. The Labute approximate surface area is 131 Å². The molecule has 2 nitrogen and oxygen atoms in total. The molecule has 0 bridgehead atoms. The maximum Gasteiger partial charge on any atom is 0.0496 e. The molecule has 1 heterocycles. The molecule has 21 heavy (non-hydrogen) atoms. The van der Waals surface area contributed by atoms with Gasteiger partial charge in [-0.25, -0.2) is 0 Å². The van der Waals surface area contributed by atoms with Gasteiger partial charge in [0, 0.05) is 16.3 Å². The molecule has 1 aromatic carbocycles. The van der Waals surface area contributed by atoms with Crippen LogP contribution in [0.5, 0.6) is 0 Å². The summed E-state index contributed by atoms with van der Waals surface area (Å²) >= 11 is 1.82. The van der Waals surface area contributed by atoms with Crippen molar-refractivity contribution >= 4 is 21.4 Å². The summed E-state index contributed by atoms with van der Waals surface area (Å²) in [7, 11) is 4.42. The quantitative estimate of drug-likeness (QED) is 0.842. The third-order valence-corrected chi connectivity index (χ3v) is 6.26. The second kappa shape index (κ2) is 6.07. The first kappa shape index (κ1) is 15.0. The summed E-state index contributed by atoms with van der Waals surface area (Å²) in [6.45, 7) is 0. The van der Waals surface area contributed by atoms with Crippen LogP contribution in [0.25, 0.3) is 10.1 Å². The molecule has 0 radical (unpaired) electrons. The average molecular weight is 302 g/mol. The largest absolute Gasteiger partial charge is 0.322 e. The van der Waals surface area contributed by atoms with E-state index in [4.69, 9.17) is 5.73 Å². The number of thiophene rings is 1. The molecule has 1 unspecified atom stereocenters. The van der Waals surface area contributed by atoms with Crippen molar-refractivity contribution in [3.63, 3.8) is 0 Å². The van der Waals surface area contributed by atoms with Gasteiger partial charge in [0.15, 0.2) is 0 Å². The SMILES string of the molecule is CN(C)C1(C(N)c2cccc3ccsc23)CCCCCC1. The molecule has 1 atom stereocenters. The predicted molar refractivity (Wildman–Crippen MR) is 92.9 cm³/mol. The number of fused-ring (bicyclic) bond motifs is 1. The molecule has 1 aliphatic carbocycles. The van der Waals surface area contributed by atoms with E-state index in [1.54, 1.807) is 0 Å². The first-order valence-electron chi connectivity index (χ1n) is 8.04. The van der Waals surface area contributed by atoms with Crippen LogP contribution in [-0.2, 0) is 0 Å². The highest BCUT2D eigenvalue weighted by molar-refractivity contribution is 7.17. The van der Waals surface area contributed by atoms with Crippen molar-refractivity contribution in [1.82, 2.24) is 4.90 Å². The molecule has 0 aliphatic heterocycles. The van der Waals surface area contributed by atoms with Gasteiger partial charge >= 0.3 is 0 Å². The number of likely N-dealkylation sites (N-methyl/N-ethyl adjacent to an activating group) is 1. The van der Waals surface area contributed by atoms with Crippen molar-refractivity contribution in [2.24, 2.45) is 5.73 Å². The van der Waals surface area contributed by atoms with Crippen LogP contribution in [0.2, 0.25) is 0 Å². The third kappa shape index (κ3) is 2.63. The molecule has 0 saturated heterocycles. The van der Waals surface area contributed by atoms with Crippen molar-refractivity contribution in [2.75, 3.05) is 14.1 Å². The summed E-state index contributed by atoms with van der Waals surface area (Å²) in [5, 5.41) is 3.51. The topological polar surface area (TPSA) is 29.3 Å². The smallest absolute Gasteiger partial charge is 0.0496 e. The van der Waals surface area contributed by atoms with Gasteiger partial charge in [0.2, 0.25) is 0 Å². The lowest BCUT2D eigenvalue weighted by molar-refractivity contribution is 0.0975. The van der Waals surface area contributed by atoms with Gasteiger partial charge in [0.25, 0.3) is 0 Å². The molecule has 3 rings (SSSR count). The predicted octanol–water partition coefficient (Wildman–Crippen LogP) is 4.56. The van der Waals surface area contributed by atoms with E-state index in [1.807, 2.05) is 11.3 Å². The molecule has 0 spiro atoms. The van der Waals surface area contributed by atoms with E-state index < -0.39 is 0 Å². The molecular formula is C18H26N2S. The Hall–Kier alpha value is -0.900. The number of rotatable bonds is 3. The molecule has 1 fully saturated rings. The van der Waals surface area contributed by atoms with Crippen LogP contribution < -0.4 is 5.73 Å². The second-order valence-corrected chi connectivity index (χ2v) is 7.49. The highest BCUT2D eigenvalue weighted by Gasteiger charge is 2.40. The number of nitrogens with zero attached hydrogens (tertiary/aromatic N) is 1. The van der Waals surface area contributed by atoms with Gasteiger partial charge in [0.05, 0.1) is 0 Å². The van der Waals surface area contributed by atoms with Crippen molar-refractivity contribution in [2.45, 2.75) is 50.1 Å². The van der Waals surface area contributed by atoms with Crippen LogP contribution in [0.1, 0.15) is 50.1 Å². The Balaban J connectivity index is 2.04. The van der Waals surface area contributed by atoms with Gasteiger partial charge in [-0.2, -0.15) is 0 Å². The van der Waals surface area contributed by atoms with Gasteiger partial charge in [-0.15, -0.1) is 11.3 Å². The molecule has 1 aliphatic rings. The first-order valence-corrected chi connectivity index (χ1v) is 8.92. The minimum atomic E-state index is 0.0907. The van der Waals surface area contributed by atoms with Crippen LogP contribution in [-0.4, -0.2) is 24.5 Å². The summed E-state index contributed by atoms with van der Waals surface area (Å²) < 4.78 is 1.37. The Morgan fingerprint density at radius 1 is 1.10 bits per heavy atom. The molecule has 2 aromatic rings. The van der Waals surface area contributed by atoms with E-state index in [0.717, 1.165) is 0 Å². The Morgan fingerprint density at radius 3 is 2.48 bits per heavy atom. The lowest BCUT2D eigenvalue weighted by Gasteiger charge is -2.44. The van der Waals surface area contributed by atoms with Crippen molar-refractivity contribution in [1.29, 1.82) is 0 Å². The van der Waals surface area contributed by atoms with Crippen LogP contribution >= 0.6 is 11.3 Å². The van der Waals surface area contributed by atoms with Crippen molar-refractivity contribution in [3.05, 3.63) is 35.2 Å². The van der Waals surface area contributed by atoms with E-state index in [1.165, 1.54) is 54.2 Å². The Kier molecular flexibility index (Phi) is 4.34. The fourth-order valence-corrected chi connectivity index (χ4v) is 4.88. The zero-order valence-corrected chi connectivity index (χ0v) is 14.0. The van der Waals surface area contributed by atoms with E-state index >= 15 is 0 Å². The van der Waals surface area contributed by atoms with Gasteiger partial charge in [0.1, 0.15) is 0 Å². The van der Waals surface area contributed by atoms with E-state index in [-0.39, 0.29) is 11.6 Å². The van der Waals surface area contributed by atoms with E-state index in [0.29, 0.717) is 0 Å². The lowest BCUT2D eigenvalue weighted by atomic mass is 9.78. The summed E-state index contributed by atoms with van der Waals surface area (Å²) in [6, 6.07) is 8.88. The van der Waals surface area contributed by atoms with E-state index in [9.17, 15) is 0 Å². The van der Waals surface area contributed by atoms with Crippen LogP contribution in [0.3, 0.4) is 0 Å². The summed E-state index contributed by atoms with van der Waals surface area (Å²) in [5.41, 5.74) is 8.30. The van der Waals surface area contributed by atoms with Gasteiger partial charge in [-0.05, 0) is 49.3 Å². The maximum atomic E-state index is 6.87. The minimum absolute atomic E-state index is 0.0907. The highest BCUT2D eigenvalue weighted by atomic mass is 32.1. The number of benzene rings is 1. The number of hydrogen-bond acceptors (Lipinski definition) is 3. The van der Waals surface area contributed by atoms with Crippen LogP contribution in [0.4, 0.5) is 0 Å². The lowest BCUT2D eigenvalue weighted by Crippen LogP contribution is -2.52. The van der Waals surface area contributed by atoms with Gasteiger partial charge in [-0.1, -0.05) is 43.9 Å². The Morgan fingerprint density at radius 2 is 1.81 bits per heavy atom. The first-order chi connectivity index (χ1) is 10.1. The van der Waals surface area contributed by atoms with Crippen LogP contribution in [0.15, 0.2) is 29.6 Å². The minimum Gasteiger partial charge on any atom is -0.322 e. The summed E-state index contributed by atoms with van der Waals surface area (Å²) in [4.78, 5) is 2.40. The number of nitrogens with two attached hydrogens (primary N) is 1. The van der Waals surface area contributed by atoms with Crippen molar-refractivity contribution < 1.29 is 0 Å². The molecule has 0 amide bonds. The van der Waals surface area contributed by atoms with Crippen LogP contribution in [0, 0.1) is 0 Å². The van der Waals surface area contributed by atoms with Crippen molar-refractivity contribution in [3.8, 4) is 0 Å². The zero-order valence-electron chi connectivity index (χ0n) is 13.1. The average Bonchev–Trinajstić information content (AvgIpc) is 2.82. The summed E-state index contributed by atoms with van der Waals surface area (Å²) in [6.07, 6.45) is 7.72. The van der Waals surface area contributed by atoms with Gasteiger partial charge < -0.3 is 10.6 Å². The molecule has 114 valence electrons. The second-order valence-electron chi connectivity index (χ2n) is 6.58. The fourth-order valence-electron chi connectivity index (χ4n) is 3.93. The molecule has 3 heteroatoms. The number of hydrogen-bond donors (Lipinski definition) is 1. The van der Waals surface area contributed by atoms with E-state index in [2.05, 4.69) is 48.6 Å². The highest BCUT2D eigenvalue weighted by Crippen LogP contribution is 2.42. The zero-order chi connectivity index (χ0) is 14.9. The summed E-state index contributed by atoms with van der Waals surface area (Å²) in [5.74, 6) is 0. The Bertz CT molecular complexity index is 594. The maximum absolute atomic E-state index is 6.87. The molecule has 2 N–H and O–H groups in total. The normalized spacial score (nSPS) is 20.6. The molecule has 1 saturated carbocycles. The monoisotopic (exact) mass is 302 g/mol. The molecule has 1 aromatic heterocycles. The third-order valence-electron chi connectivity index (χ3n) is 5.28.